The standard InChI is InChI=1S/C15H25N3O2/c1-5-20-10-11(2)17-15(19)18-14-8-6-13(7-9-14)12(3)16-4/h6-9,11-12,16H,5,10H2,1-4H3,(H2,17,18,19). The molecule has 2 atom stereocenters. The predicted molar refractivity (Wildman–Crippen MR) is 82.0 cm³/mol. The van der Waals surface area contributed by atoms with Gasteiger partial charge in [0.2, 0.25) is 0 Å². The summed E-state index contributed by atoms with van der Waals surface area (Å²) >= 11 is 0. The van der Waals surface area contributed by atoms with Gasteiger partial charge in [0.05, 0.1) is 12.6 Å². The number of amides is 2. The molecule has 5 nitrogen and oxygen atoms in total. The van der Waals surface area contributed by atoms with E-state index in [1.54, 1.807) is 0 Å². The number of benzene rings is 1. The van der Waals surface area contributed by atoms with Gasteiger partial charge in [-0.2, -0.15) is 0 Å². The van der Waals surface area contributed by atoms with Crippen molar-refractivity contribution in [3.05, 3.63) is 29.8 Å². The summed E-state index contributed by atoms with van der Waals surface area (Å²) in [5.74, 6) is 0. The van der Waals surface area contributed by atoms with Gasteiger partial charge in [-0.25, -0.2) is 4.79 Å². The highest BCUT2D eigenvalue weighted by atomic mass is 16.5. The van der Waals surface area contributed by atoms with Crippen molar-refractivity contribution in [3.63, 3.8) is 0 Å². The molecule has 3 N–H and O–H groups in total. The molecule has 0 radical (unpaired) electrons. The molecule has 0 fully saturated rings. The molecule has 112 valence electrons. The van der Waals surface area contributed by atoms with E-state index in [0.29, 0.717) is 19.3 Å². The van der Waals surface area contributed by atoms with Gasteiger partial charge in [0.25, 0.3) is 0 Å². The van der Waals surface area contributed by atoms with Gasteiger partial charge in [-0.3, -0.25) is 0 Å². The maximum atomic E-state index is 11.8. The van der Waals surface area contributed by atoms with Crippen LogP contribution >= 0.6 is 0 Å². The van der Waals surface area contributed by atoms with Crippen LogP contribution in [0.5, 0.6) is 0 Å². The van der Waals surface area contributed by atoms with Crippen molar-refractivity contribution < 1.29 is 9.53 Å². The minimum absolute atomic E-state index is 0.0152. The second-order valence-corrected chi connectivity index (χ2v) is 4.79. The summed E-state index contributed by atoms with van der Waals surface area (Å²) in [7, 11) is 1.92. The molecule has 0 heterocycles. The van der Waals surface area contributed by atoms with E-state index in [0.717, 1.165) is 5.69 Å². The summed E-state index contributed by atoms with van der Waals surface area (Å²) < 4.78 is 5.25. The van der Waals surface area contributed by atoms with Crippen LogP contribution in [0.4, 0.5) is 10.5 Å². The number of anilines is 1. The van der Waals surface area contributed by atoms with Crippen LogP contribution in [0.15, 0.2) is 24.3 Å². The fourth-order valence-electron chi connectivity index (χ4n) is 1.75. The fraction of sp³-hybridized carbons (Fsp3) is 0.533. The quantitative estimate of drug-likeness (QED) is 0.718. The van der Waals surface area contributed by atoms with Gasteiger partial charge in [-0.1, -0.05) is 12.1 Å². The molecule has 0 aliphatic heterocycles. The van der Waals surface area contributed by atoms with Crippen LogP contribution in [0.25, 0.3) is 0 Å². The lowest BCUT2D eigenvalue weighted by atomic mass is 10.1. The van der Waals surface area contributed by atoms with Gasteiger partial charge in [0.1, 0.15) is 0 Å². The zero-order valence-corrected chi connectivity index (χ0v) is 12.7. The zero-order chi connectivity index (χ0) is 15.0. The molecule has 1 rings (SSSR count). The first-order chi connectivity index (χ1) is 9.56. The van der Waals surface area contributed by atoms with Crippen molar-refractivity contribution >= 4 is 11.7 Å². The first kappa shape index (κ1) is 16.5. The predicted octanol–water partition coefficient (Wildman–Crippen LogP) is 2.51. The molecular formula is C15H25N3O2. The topological polar surface area (TPSA) is 62.4 Å². The molecule has 2 unspecified atom stereocenters. The van der Waals surface area contributed by atoms with E-state index in [1.807, 2.05) is 45.2 Å². The Bertz CT molecular complexity index is 406. The van der Waals surface area contributed by atoms with Crippen molar-refractivity contribution in [1.29, 1.82) is 0 Å². The number of carbonyl (C=O) groups excluding carboxylic acids is 1. The third kappa shape index (κ3) is 5.59. The van der Waals surface area contributed by atoms with E-state index < -0.39 is 0 Å². The van der Waals surface area contributed by atoms with E-state index >= 15 is 0 Å². The fourth-order valence-corrected chi connectivity index (χ4v) is 1.75. The molecule has 5 heteroatoms. The Kier molecular flexibility index (Phi) is 7.04. The lowest BCUT2D eigenvalue weighted by Crippen LogP contribution is -2.38. The Morgan fingerprint density at radius 1 is 1.25 bits per heavy atom. The molecule has 0 aliphatic rings. The normalized spacial score (nSPS) is 13.6. The van der Waals surface area contributed by atoms with Gasteiger partial charge in [-0.15, -0.1) is 0 Å². The molecule has 0 aliphatic carbocycles. The molecule has 0 aromatic heterocycles. The van der Waals surface area contributed by atoms with Crippen LogP contribution < -0.4 is 16.0 Å². The first-order valence-electron chi connectivity index (χ1n) is 6.99. The number of urea groups is 1. The maximum Gasteiger partial charge on any atom is 0.319 e. The van der Waals surface area contributed by atoms with E-state index in [-0.39, 0.29) is 12.1 Å². The lowest BCUT2D eigenvalue weighted by molar-refractivity contribution is 0.129. The van der Waals surface area contributed by atoms with Crippen molar-refractivity contribution in [3.8, 4) is 0 Å². The number of hydrogen-bond donors (Lipinski definition) is 3. The molecule has 1 aromatic carbocycles. The highest BCUT2D eigenvalue weighted by Crippen LogP contribution is 2.15. The highest BCUT2D eigenvalue weighted by Gasteiger charge is 2.08. The third-order valence-electron chi connectivity index (χ3n) is 3.05. The summed E-state index contributed by atoms with van der Waals surface area (Å²) in [5.41, 5.74) is 1.96. The molecule has 20 heavy (non-hydrogen) atoms. The van der Waals surface area contributed by atoms with Gasteiger partial charge in [-0.05, 0) is 45.5 Å². The number of carbonyl (C=O) groups is 1. The molecule has 0 saturated carbocycles. The molecular weight excluding hydrogens is 254 g/mol. The molecule has 0 spiro atoms. The van der Waals surface area contributed by atoms with E-state index in [4.69, 9.17) is 4.74 Å². The Balaban J connectivity index is 2.45. The second-order valence-electron chi connectivity index (χ2n) is 4.79. The SMILES string of the molecule is CCOCC(C)NC(=O)Nc1ccc(C(C)NC)cc1. The minimum atomic E-state index is -0.216. The Labute approximate surface area is 121 Å². The maximum absolute atomic E-state index is 11.8. The van der Waals surface area contributed by atoms with Crippen LogP contribution in [0.2, 0.25) is 0 Å². The molecule has 1 aromatic rings. The average Bonchev–Trinajstić information content (AvgIpc) is 2.45. The van der Waals surface area contributed by atoms with Gasteiger partial charge in [0.15, 0.2) is 0 Å². The highest BCUT2D eigenvalue weighted by molar-refractivity contribution is 5.89. The largest absolute Gasteiger partial charge is 0.380 e. The van der Waals surface area contributed by atoms with Crippen LogP contribution in [0, 0.1) is 0 Å². The summed E-state index contributed by atoms with van der Waals surface area (Å²) in [6.07, 6.45) is 0. The molecule has 0 bridgehead atoms. The lowest BCUT2D eigenvalue weighted by Gasteiger charge is -2.15. The number of ether oxygens (including phenoxy) is 1. The molecule has 2 amide bonds. The smallest absolute Gasteiger partial charge is 0.319 e. The molecule has 0 saturated heterocycles. The summed E-state index contributed by atoms with van der Waals surface area (Å²) in [6, 6.07) is 7.86. The minimum Gasteiger partial charge on any atom is -0.380 e. The van der Waals surface area contributed by atoms with Crippen LogP contribution in [0.3, 0.4) is 0 Å². The van der Waals surface area contributed by atoms with Crippen molar-refractivity contribution in [1.82, 2.24) is 10.6 Å². The summed E-state index contributed by atoms with van der Waals surface area (Å²) in [5, 5.41) is 8.81. The number of rotatable bonds is 7. The second kappa shape index (κ2) is 8.55. The van der Waals surface area contributed by atoms with E-state index in [1.165, 1.54) is 5.56 Å². The van der Waals surface area contributed by atoms with Crippen molar-refractivity contribution in [2.24, 2.45) is 0 Å². The van der Waals surface area contributed by atoms with Crippen molar-refractivity contribution in [2.75, 3.05) is 25.6 Å². The number of hydrogen-bond acceptors (Lipinski definition) is 3. The van der Waals surface area contributed by atoms with E-state index in [2.05, 4.69) is 22.9 Å². The van der Waals surface area contributed by atoms with Crippen LogP contribution in [-0.2, 0) is 4.74 Å². The average molecular weight is 279 g/mol. The third-order valence-corrected chi connectivity index (χ3v) is 3.05. The monoisotopic (exact) mass is 279 g/mol. The number of nitrogens with one attached hydrogen (secondary N) is 3. The summed E-state index contributed by atoms with van der Waals surface area (Å²) in [6.45, 7) is 7.10. The van der Waals surface area contributed by atoms with E-state index in [9.17, 15) is 4.79 Å². The Hall–Kier alpha value is -1.59. The Morgan fingerprint density at radius 2 is 1.90 bits per heavy atom. The van der Waals surface area contributed by atoms with Crippen molar-refractivity contribution in [2.45, 2.75) is 32.9 Å². The Morgan fingerprint density at radius 3 is 2.45 bits per heavy atom. The van der Waals surface area contributed by atoms with Gasteiger partial charge >= 0.3 is 6.03 Å². The van der Waals surface area contributed by atoms with Crippen LogP contribution in [-0.4, -0.2) is 32.3 Å². The van der Waals surface area contributed by atoms with Gasteiger partial charge < -0.3 is 20.7 Å². The summed E-state index contributed by atoms with van der Waals surface area (Å²) in [4.78, 5) is 11.8. The van der Waals surface area contributed by atoms with Crippen LogP contribution in [0.1, 0.15) is 32.4 Å². The first-order valence-corrected chi connectivity index (χ1v) is 6.99. The zero-order valence-electron chi connectivity index (χ0n) is 12.7. The van der Waals surface area contributed by atoms with Gasteiger partial charge in [0, 0.05) is 18.3 Å².